The minimum atomic E-state index is -0.509. The summed E-state index contributed by atoms with van der Waals surface area (Å²) in [5.41, 5.74) is 3.83. The molecule has 0 spiro atoms. The first-order chi connectivity index (χ1) is 15.5. The molecule has 1 amide bonds. The molecule has 0 radical (unpaired) electrons. The Balaban J connectivity index is 1.71. The Kier molecular flexibility index (Phi) is 5.63. The molecular weight excluding hydrogens is 412 g/mol. The third-order valence-electron chi connectivity index (χ3n) is 4.87. The van der Waals surface area contributed by atoms with Gasteiger partial charge in [0.15, 0.2) is 5.82 Å². The van der Waals surface area contributed by atoms with Crippen LogP contribution in [0.2, 0.25) is 0 Å². The molecule has 0 aliphatic heterocycles. The largest absolute Gasteiger partial charge is 0.497 e. The van der Waals surface area contributed by atoms with Crippen LogP contribution >= 0.6 is 0 Å². The molecule has 0 bridgehead atoms. The van der Waals surface area contributed by atoms with Gasteiger partial charge in [-0.1, -0.05) is 24.3 Å². The molecular formula is C23H18N4O5. The van der Waals surface area contributed by atoms with Crippen molar-refractivity contribution >= 4 is 22.5 Å². The molecule has 9 nitrogen and oxygen atoms in total. The fraction of sp³-hybridized carbons (Fsp3) is 0.0870. The second-order valence-electron chi connectivity index (χ2n) is 6.96. The SMILES string of the molecule is COc1ccc(-c2nc3ccccc3c(=O)n2NC(=O)Cc2ccc([N+](=O)[O-])cc2)cc1. The number of nitrogens with one attached hydrogen (secondary N) is 1. The average molecular weight is 430 g/mol. The maximum absolute atomic E-state index is 13.2. The number of amides is 1. The molecule has 9 heteroatoms. The van der Waals surface area contributed by atoms with Gasteiger partial charge in [-0.15, -0.1) is 0 Å². The van der Waals surface area contributed by atoms with Crippen LogP contribution in [0.25, 0.3) is 22.3 Å². The number of hydrogen-bond acceptors (Lipinski definition) is 6. The van der Waals surface area contributed by atoms with E-state index < -0.39 is 16.4 Å². The van der Waals surface area contributed by atoms with E-state index in [0.717, 1.165) is 4.68 Å². The summed E-state index contributed by atoms with van der Waals surface area (Å²) in [5, 5.41) is 11.2. The minimum absolute atomic E-state index is 0.0640. The van der Waals surface area contributed by atoms with E-state index in [9.17, 15) is 19.7 Å². The standard InChI is InChI=1S/C23H18N4O5/c1-32-18-12-8-16(9-13-18)22-24-20-5-3-2-4-19(20)23(29)26(22)25-21(28)14-15-6-10-17(11-7-15)27(30)31/h2-13H,14H2,1H3,(H,25,28). The molecule has 160 valence electrons. The van der Waals surface area contributed by atoms with Crippen LogP contribution in [0.15, 0.2) is 77.6 Å². The van der Waals surface area contributed by atoms with E-state index in [1.165, 1.54) is 24.3 Å². The number of hydrogen-bond donors (Lipinski definition) is 1. The van der Waals surface area contributed by atoms with Crippen LogP contribution < -0.4 is 15.7 Å². The van der Waals surface area contributed by atoms with E-state index in [2.05, 4.69) is 10.4 Å². The summed E-state index contributed by atoms with van der Waals surface area (Å²) >= 11 is 0. The van der Waals surface area contributed by atoms with Gasteiger partial charge in [0.05, 0.1) is 29.4 Å². The molecule has 4 rings (SSSR count). The molecule has 1 N–H and O–H groups in total. The van der Waals surface area contributed by atoms with Gasteiger partial charge in [0.25, 0.3) is 11.2 Å². The number of rotatable bonds is 6. The number of carbonyl (C=O) groups is 1. The zero-order valence-electron chi connectivity index (χ0n) is 17.0. The van der Waals surface area contributed by atoms with E-state index in [1.807, 2.05) is 0 Å². The van der Waals surface area contributed by atoms with E-state index in [4.69, 9.17) is 4.74 Å². The van der Waals surface area contributed by atoms with Gasteiger partial charge in [-0.05, 0) is 42.0 Å². The van der Waals surface area contributed by atoms with Crippen LogP contribution in [-0.2, 0) is 11.2 Å². The molecule has 0 saturated carbocycles. The molecule has 0 unspecified atom stereocenters. The number of fused-ring (bicyclic) bond motifs is 1. The molecule has 1 aromatic heterocycles. The lowest BCUT2D eigenvalue weighted by Crippen LogP contribution is -2.35. The first kappa shape index (κ1) is 20.7. The van der Waals surface area contributed by atoms with Crippen molar-refractivity contribution in [1.29, 1.82) is 0 Å². The molecule has 0 aliphatic carbocycles. The van der Waals surface area contributed by atoms with Crippen LogP contribution in [0.4, 0.5) is 5.69 Å². The Bertz CT molecular complexity index is 1360. The van der Waals surface area contributed by atoms with Crippen molar-refractivity contribution in [1.82, 2.24) is 9.66 Å². The maximum atomic E-state index is 13.2. The Labute approximate surface area is 182 Å². The third kappa shape index (κ3) is 4.17. The molecule has 0 aliphatic rings. The number of nitro groups is 1. The van der Waals surface area contributed by atoms with Gasteiger partial charge in [0.1, 0.15) is 5.75 Å². The van der Waals surface area contributed by atoms with E-state index in [1.54, 1.807) is 55.6 Å². The maximum Gasteiger partial charge on any atom is 0.280 e. The summed E-state index contributed by atoms with van der Waals surface area (Å²) < 4.78 is 6.31. The molecule has 0 saturated heterocycles. The van der Waals surface area contributed by atoms with Gasteiger partial charge in [0.2, 0.25) is 5.91 Å². The first-order valence-corrected chi connectivity index (χ1v) is 9.65. The van der Waals surface area contributed by atoms with Crippen molar-refractivity contribution < 1.29 is 14.5 Å². The van der Waals surface area contributed by atoms with Crippen molar-refractivity contribution in [2.75, 3.05) is 12.5 Å². The number of nitro benzene ring substituents is 1. The topological polar surface area (TPSA) is 116 Å². The van der Waals surface area contributed by atoms with Crippen molar-refractivity contribution in [3.05, 3.63) is 98.8 Å². The van der Waals surface area contributed by atoms with E-state index in [-0.39, 0.29) is 17.9 Å². The number of benzene rings is 3. The predicted molar refractivity (Wildman–Crippen MR) is 119 cm³/mol. The summed E-state index contributed by atoms with van der Waals surface area (Å²) in [6.07, 6.45) is -0.0701. The fourth-order valence-electron chi connectivity index (χ4n) is 3.26. The summed E-state index contributed by atoms with van der Waals surface area (Å²) in [7, 11) is 1.55. The van der Waals surface area contributed by atoms with E-state index >= 15 is 0 Å². The Hall–Kier alpha value is -4.53. The molecule has 4 aromatic rings. The number of nitrogens with zero attached hydrogens (tertiary/aromatic N) is 3. The summed E-state index contributed by atoms with van der Waals surface area (Å²) in [4.78, 5) is 40.8. The molecule has 1 heterocycles. The smallest absolute Gasteiger partial charge is 0.280 e. The number of aromatic nitrogens is 2. The normalized spacial score (nSPS) is 10.7. The van der Waals surface area contributed by atoms with Gasteiger partial charge in [-0.3, -0.25) is 25.1 Å². The van der Waals surface area contributed by atoms with Gasteiger partial charge in [0, 0.05) is 17.7 Å². The molecule has 32 heavy (non-hydrogen) atoms. The molecule has 3 aromatic carbocycles. The lowest BCUT2D eigenvalue weighted by molar-refractivity contribution is -0.384. The number of carbonyl (C=O) groups excluding carboxylic acids is 1. The van der Waals surface area contributed by atoms with Crippen LogP contribution in [0, 0.1) is 10.1 Å². The summed E-state index contributed by atoms with van der Waals surface area (Å²) in [6, 6.07) is 19.5. The number of non-ortho nitro benzene ring substituents is 1. The highest BCUT2D eigenvalue weighted by Gasteiger charge is 2.16. The van der Waals surface area contributed by atoms with Gasteiger partial charge >= 0.3 is 0 Å². The van der Waals surface area contributed by atoms with Crippen LogP contribution in [0.1, 0.15) is 5.56 Å². The quantitative estimate of drug-likeness (QED) is 0.371. The van der Waals surface area contributed by atoms with Crippen LogP contribution in [0.5, 0.6) is 5.75 Å². The van der Waals surface area contributed by atoms with Crippen LogP contribution in [-0.4, -0.2) is 27.6 Å². The Morgan fingerprint density at radius 1 is 1.06 bits per heavy atom. The Morgan fingerprint density at radius 3 is 2.41 bits per heavy atom. The highest BCUT2D eigenvalue weighted by Crippen LogP contribution is 2.21. The highest BCUT2D eigenvalue weighted by atomic mass is 16.6. The van der Waals surface area contributed by atoms with Crippen molar-refractivity contribution in [3.8, 4) is 17.1 Å². The number of methoxy groups -OCH3 is 1. The van der Waals surface area contributed by atoms with Crippen molar-refractivity contribution in [3.63, 3.8) is 0 Å². The highest BCUT2D eigenvalue weighted by molar-refractivity contribution is 5.87. The number of ether oxygens (including phenoxy) is 1. The third-order valence-corrected chi connectivity index (χ3v) is 4.87. The lowest BCUT2D eigenvalue weighted by Gasteiger charge is -2.15. The van der Waals surface area contributed by atoms with Crippen molar-refractivity contribution in [2.24, 2.45) is 0 Å². The predicted octanol–water partition coefficient (Wildman–Crippen LogP) is 3.29. The molecule has 0 atom stereocenters. The lowest BCUT2D eigenvalue weighted by atomic mass is 10.1. The Morgan fingerprint density at radius 2 is 1.75 bits per heavy atom. The van der Waals surface area contributed by atoms with Gasteiger partial charge < -0.3 is 4.74 Å². The zero-order chi connectivity index (χ0) is 22.7. The van der Waals surface area contributed by atoms with Crippen LogP contribution in [0.3, 0.4) is 0 Å². The second kappa shape index (κ2) is 8.68. The van der Waals surface area contributed by atoms with Gasteiger partial charge in [-0.25, -0.2) is 4.98 Å². The zero-order valence-corrected chi connectivity index (χ0v) is 17.0. The summed E-state index contributed by atoms with van der Waals surface area (Å²) in [6.45, 7) is 0. The number of para-hydroxylation sites is 1. The van der Waals surface area contributed by atoms with Gasteiger partial charge in [-0.2, -0.15) is 4.68 Å². The fourth-order valence-corrected chi connectivity index (χ4v) is 3.26. The summed E-state index contributed by atoms with van der Waals surface area (Å²) in [5.74, 6) is 0.451. The molecule has 0 fully saturated rings. The van der Waals surface area contributed by atoms with E-state index in [0.29, 0.717) is 27.8 Å². The minimum Gasteiger partial charge on any atom is -0.497 e. The second-order valence-corrected chi connectivity index (χ2v) is 6.96. The van der Waals surface area contributed by atoms with Crippen molar-refractivity contribution in [2.45, 2.75) is 6.42 Å². The first-order valence-electron chi connectivity index (χ1n) is 9.65. The average Bonchev–Trinajstić information content (AvgIpc) is 2.81. The monoisotopic (exact) mass is 430 g/mol.